The van der Waals surface area contributed by atoms with Crippen LogP contribution in [-0.2, 0) is 14.3 Å². The second-order valence-electron chi connectivity index (χ2n) is 6.55. The zero-order chi connectivity index (χ0) is 17.7. The van der Waals surface area contributed by atoms with Crippen LogP contribution in [0.15, 0.2) is 42.5 Å². The SMILES string of the molecule is COC(=O)C[C@H](NC(=O)OC(C)(C)C)c1cccc2ccccc12. The minimum Gasteiger partial charge on any atom is -0.469 e. The van der Waals surface area contributed by atoms with Gasteiger partial charge in [0.25, 0.3) is 0 Å². The lowest BCUT2D eigenvalue weighted by molar-refractivity contribution is -0.141. The van der Waals surface area contributed by atoms with E-state index in [0.717, 1.165) is 16.3 Å². The summed E-state index contributed by atoms with van der Waals surface area (Å²) in [6.45, 7) is 5.37. The molecule has 2 aromatic carbocycles. The molecule has 5 nitrogen and oxygen atoms in total. The van der Waals surface area contributed by atoms with Gasteiger partial charge in [0.1, 0.15) is 5.60 Å². The van der Waals surface area contributed by atoms with Crippen molar-refractivity contribution in [3.63, 3.8) is 0 Å². The molecule has 1 atom stereocenters. The molecule has 0 aliphatic rings. The number of methoxy groups -OCH3 is 1. The molecular weight excluding hydrogens is 306 g/mol. The first-order valence-electron chi connectivity index (χ1n) is 7.84. The molecule has 0 saturated heterocycles. The minimum absolute atomic E-state index is 0.0315. The summed E-state index contributed by atoms with van der Waals surface area (Å²) in [7, 11) is 1.33. The Morgan fingerprint density at radius 2 is 1.75 bits per heavy atom. The van der Waals surface area contributed by atoms with Crippen LogP contribution in [0.4, 0.5) is 4.79 Å². The summed E-state index contributed by atoms with van der Waals surface area (Å²) < 4.78 is 10.1. The highest BCUT2D eigenvalue weighted by molar-refractivity contribution is 5.87. The van der Waals surface area contributed by atoms with Crippen molar-refractivity contribution in [2.45, 2.75) is 38.8 Å². The summed E-state index contributed by atoms with van der Waals surface area (Å²) in [6.07, 6.45) is -0.534. The van der Waals surface area contributed by atoms with E-state index < -0.39 is 23.7 Å². The van der Waals surface area contributed by atoms with Gasteiger partial charge in [0, 0.05) is 0 Å². The van der Waals surface area contributed by atoms with Gasteiger partial charge in [-0.25, -0.2) is 4.79 Å². The van der Waals surface area contributed by atoms with E-state index in [1.807, 2.05) is 42.5 Å². The number of hydrogen-bond donors (Lipinski definition) is 1. The van der Waals surface area contributed by atoms with Crippen LogP contribution in [0.2, 0.25) is 0 Å². The van der Waals surface area contributed by atoms with Crippen molar-refractivity contribution in [3.05, 3.63) is 48.0 Å². The lowest BCUT2D eigenvalue weighted by atomic mass is 9.97. The lowest BCUT2D eigenvalue weighted by Crippen LogP contribution is -2.36. The summed E-state index contributed by atoms with van der Waals surface area (Å²) in [4.78, 5) is 23.9. The van der Waals surface area contributed by atoms with Crippen molar-refractivity contribution in [2.24, 2.45) is 0 Å². The van der Waals surface area contributed by atoms with Gasteiger partial charge in [0.2, 0.25) is 0 Å². The average Bonchev–Trinajstić information content (AvgIpc) is 2.51. The predicted octanol–water partition coefficient (Wildman–Crippen LogP) is 3.97. The van der Waals surface area contributed by atoms with E-state index in [4.69, 9.17) is 9.47 Å². The Kier molecular flexibility index (Phi) is 5.44. The first-order valence-corrected chi connectivity index (χ1v) is 7.84. The van der Waals surface area contributed by atoms with Gasteiger partial charge in [0.05, 0.1) is 19.6 Å². The Labute approximate surface area is 141 Å². The molecule has 0 radical (unpaired) electrons. The van der Waals surface area contributed by atoms with E-state index >= 15 is 0 Å². The maximum Gasteiger partial charge on any atom is 0.408 e. The number of rotatable bonds is 4. The van der Waals surface area contributed by atoms with E-state index in [-0.39, 0.29) is 6.42 Å². The number of hydrogen-bond acceptors (Lipinski definition) is 4. The summed E-state index contributed by atoms with van der Waals surface area (Å²) in [6, 6.07) is 13.1. The van der Waals surface area contributed by atoms with Gasteiger partial charge in [-0.3, -0.25) is 4.79 Å². The number of esters is 1. The van der Waals surface area contributed by atoms with Crippen molar-refractivity contribution in [2.75, 3.05) is 7.11 Å². The predicted molar refractivity (Wildman–Crippen MR) is 92.7 cm³/mol. The van der Waals surface area contributed by atoms with Crippen molar-refractivity contribution in [1.82, 2.24) is 5.32 Å². The van der Waals surface area contributed by atoms with Gasteiger partial charge >= 0.3 is 12.1 Å². The van der Waals surface area contributed by atoms with Gasteiger partial charge in [-0.1, -0.05) is 42.5 Å². The number of benzene rings is 2. The zero-order valence-electron chi connectivity index (χ0n) is 14.5. The zero-order valence-corrected chi connectivity index (χ0v) is 14.5. The molecule has 2 rings (SSSR count). The van der Waals surface area contributed by atoms with Crippen LogP contribution in [0, 0.1) is 0 Å². The number of alkyl carbamates (subject to hydrolysis) is 1. The molecule has 0 saturated carbocycles. The largest absolute Gasteiger partial charge is 0.469 e. The van der Waals surface area contributed by atoms with Gasteiger partial charge in [-0.15, -0.1) is 0 Å². The standard InChI is InChI=1S/C19H23NO4/c1-19(2,3)24-18(22)20-16(12-17(21)23-4)15-11-7-9-13-8-5-6-10-14(13)15/h5-11,16H,12H2,1-4H3,(H,20,22)/t16-/m0/s1. The number of amides is 1. The van der Waals surface area contributed by atoms with Crippen LogP contribution < -0.4 is 5.32 Å². The molecule has 2 aromatic rings. The molecule has 1 amide bonds. The number of fused-ring (bicyclic) bond motifs is 1. The van der Waals surface area contributed by atoms with E-state index in [2.05, 4.69) is 5.32 Å². The molecule has 1 N–H and O–H groups in total. The number of nitrogens with one attached hydrogen (secondary N) is 1. The Morgan fingerprint density at radius 1 is 1.08 bits per heavy atom. The topological polar surface area (TPSA) is 64.6 Å². The van der Waals surface area contributed by atoms with E-state index in [1.165, 1.54) is 7.11 Å². The molecule has 0 aromatic heterocycles. The van der Waals surface area contributed by atoms with Crippen LogP contribution in [0.25, 0.3) is 10.8 Å². The van der Waals surface area contributed by atoms with Crippen molar-refractivity contribution in [1.29, 1.82) is 0 Å². The molecule has 0 bridgehead atoms. The van der Waals surface area contributed by atoms with Gasteiger partial charge in [-0.05, 0) is 37.1 Å². The Morgan fingerprint density at radius 3 is 2.42 bits per heavy atom. The first kappa shape index (κ1) is 17.8. The van der Waals surface area contributed by atoms with Gasteiger partial charge in [0.15, 0.2) is 0 Å². The summed E-state index contributed by atoms with van der Waals surface area (Å²) in [5, 5.41) is 4.80. The van der Waals surface area contributed by atoms with Crippen LogP contribution in [0.1, 0.15) is 38.8 Å². The number of carbonyl (C=O) groups excluding carboxylic acids is 2. The summed E-state index contributed by atoms with van der Waals surface area (Å²) in [5.41, 5.74) is 0.239. The Bertz CT molecular complexity index is 728. The maximum absolute atomic E-state index is 12.2. The Hall–Kier alpha value is -2.56. The van der Waals surface area contributed by atoms with Crippen molar-refractivity contribution in [3.8, 4) is 0 Å². The number of carbonyl (C=O) groups is 2. The highest BCUT2D eigenvalue weighted by atomic mass is 16.6. The molecular formula is C19H23NO4. The van der Waals surface area contributed by atoms with Gasteiger partial charge in [-0.2, -0.15) is 0 Å². The first-order chi connectivity index (χ1) is 11.3. The van der Waals surface area contributed by atoms with Crippen molar-refractivity contribution < 1.29 is 19.1 Å². The molecule has 0 fully saturated rings. The van der Waals surface area contributed by atoms with E-state index in [0.29, 0.717) is 0 Å². The molecule has 0 heterocycles. The van der Waals surface area contributed by atoms with E-state index in [1.54, 1.807) is 20.8 Å². The second kappa shape index (κ2) is 7.34. The second-order valence-corrected chi connectivity index (χ2v) is 6.55. The quantitative estimate of drug-likeness (QED) is 0.862. The number of ether oxygens (including phenoxy) is 2. The van der Waals surface area contributed by atoms with Gasteiger partial charge < -0.3 is 14.8 Å². The molecule has 0 aliphatic heterocycles. The smallest absolute Gasteiger partial charge is 0.408 e. The molecule has 0 unspecified atom stereocenters. The molecule has 128 valence electrons. The van der Waals surface area contributed by atoms with Crippen LogP contribution in [0.5, 0.6) is 0 Å². The fourth-order valence-electron chi connectivity index (χ4n) is 2.49. The maximum atomic E-state index is 12.2. The molecule has 24 heavy (non-hydrogen) atoms. The fourth-order valence-corrected chi connectivity index (χ4v) is 2.49. The van der Waals surface area contributed by atoms with Crippen LogP contribution in [0.3, 0.4) is 0 Å². The summed E-state index contributed by atoms with van der Waals surface area (Å²) in [5.74, 6) is -0.399. The van der Waals surface area contributed by atoms with Crippen LogP contribution >= 0.6 is 0 Å². The lowest BCUT2D eigenvalue weighted by Gasteiger charge is -2.24. The average molecular weight is 329 g/mol. The molecule has 5 heteroatoms. The molecule has 0 spiro atoms. The van der Waals surface area contributed by atoms with E-state index in [9.17, 15) is 9.59 Å². The highest BCUT2D eigenvalue weighted by Gasteiger charge is 2.24. The molecule has 0 aliphatic carbocycles. The fraction of sp³-hybridized carbons (Fsp3) is 0.368. The third kappa shape index (κ3) is 4.72. The highest BCUT2D eigenvalue weighted by Crippen LogP contribution is 2.27. The third-order valence-electron chi connectivity index (χ3n) is 3.49. The normalized spacial score (nSPS) is 12.5. The van der Waals surface area contributed by atoms with Crippen molar-refractivity contribution >= 4 is 22.8 Å². The van der Waals surface area contributed by atoms with Crippen LogP contribution in [-0.4, -0.2) is 24.8 Å². The minimum atomic E-state index is -0.612. The third-order valence-corrected chi connectivity index (χ3v) is 3.49. The monoisotopic (exact) mass is 329 g/mol. The Balaban J connectivity index is 2.34. The summed E-state index contributed by atoms with van der Waals surface area (Å²) >= 11 is 0.